The number of nitrogens with zero attached hydrogens (tertiary/aromatic N) is 1. The molecule has 2 N–H and O–H groups in total. The Balaban J connectivity index is 2.34. The number of benzene rings is 1. The lowest BCUT2D eigenvalue weighted by Crippen LogP contribution is -2.02. The van der Waals surface area contributed by atoms with Gasteiger partial charge < -0.3 is 10.2 Å². The fraction of sp³-hybridized carbons (Fsp3) is 0.308. The van der Waals surface area contributed by atoms with Gasteiger partial charge in [0.2, 0.25) is 0 Å². The van der Waals surface area contributed by atoms with Crippen molar-refractivity contribution in [3.8, 4) is 11.3 Å². The van der Waals surface area contributed by atoms with Crippen molar-refractivity contribution in [1.29, 1.82) is 0 Å². The quantitative estimate of drug-likeness (QED) is 0.853. The Bertz CT molecular complexity index is 462. The van der Waals surface area contributed by atoms with E-state index in [4.69, 9.17) is 10.2 Å². The van der Waals surface area contributed by atoms with E-state index in [2.05, 4.69) is 24.0 Å². The average Bonchev–Trinajstić information content (AvgIpc) is 2.78. The van der Waals surface area contributed by atoms with Crippen molar-refractivity contribution in [3.63, 3.8) is 0 Å². The largest absolute Gasteiger partial charge is 0.441 e. The summed E-state index contributed by atoms with van der Waals surface area (Å²) in [5.74, 6) is 1.55. The van der Waals surface area contributed by atoms with Gasteiger partial charge in [0.05, 0.1) is 6.20 Å². The van der Waals surface area contributed by atoms with E-state index in [-0.39, 0.29) is 0 Å². The lowest BCUT2D eigenvalue weighted by molar-refractivity contribution is 0.507. The van der Waals surface area contributed by atoms with Crippen molar-refractivity contribution in [1.82, 2.24) is 4.98 Å². The van der Waals surface area contributed by atoms with Gasteiger partial charge in [-0.1, -0.05) is 31.2 Å². The highest BCUT2D eigenvalue weighted by Gasteiger charge is 2.08. The van der Waals surface area contributed by atoms with Crippen molar-refractivity contribution >= 4 is 0 Å². The molecule has 0 saturated carbocycles. The summed E-state index contributed by atoms with van der Waals surface area (Å²) >= 11 is 0. The average molecular weight is 216 g/mol. The number of aryl methyl sites for hydroxylation is 1. The second-order valence-electron chi connectivity index (χ2n) is 3.67. The van der Waals surface area contributed by atoms with Crippen LogP contribution in [0.15, 0.2) is 34.9 Å². The molecule has 0 radical (unpaired) electrons. The molecule has 0 aliphatic carbocycles. The van der Waals surface area contributed by atoms with Gasteiger partial charge in [0.15, 0.2) is 11.7 Å². The number of hydrogen-bond donors (Lipinski definition) is 1. The van der Waals surface area contributed by atoms with Crippen LogP contribution in [0, 0.1) is 0 Å². The Kier molecular flexibility index (Phi) is 3.37. The van der Waals surface area contributed by atoms with Crippen LogP contribution in [0.2, 0.25) is 0 Å². The van der Waals surface area contributed by atoms with E-state index in [0.717, 1.165) is 17.7 Å². The molecule has 0 aliphatic rings. The Morgan fingerprint density at radius 2 is 2.12 bits per heavy atom. The molecule has 3 heteroatoms. The minimum atomic E-state index is 0.565. The first-order chi connectivity index (χ1) is 7.85. The van der Waals surface area contributed by atoms with Crippen molar-refractivity contribution in [3.05, 3.63) is 41.9 Å². The van der Waals surface area contributed by atoms with Crippen LogP contribution < -0.4 is 5.73 Å². The van der Waals surface area contributed by atoms with Gasteiger partial charge in [-0.3, -0.25) is 0 Å². The van der Waals surface area contributed by atoms with Crippen molar-refractivity contribution in [2.75, 3.05) is 6.54 Å². The van der Waals surface area contributed by atoms with E-state index in [1.807, 2.05) is 12.1 Å². The number of aromatic nitrogens is 1. The summed E-state index contributed by atoms with van der Waals surface area (Å²) in [7, 11) is 0. The zero-order valence-corrected chi connectivity index (χ0v) is 9.44. The van der Waals surface area contributed by atoms with Crippen LogP contribution in [0.25, 0.3) is 11.3 Å². The zero-order chi connectivity index (χ0) is 11.4. The summed E-state index contributed by atoms with van der Waals surface area (Å²) in [6.45, 7) is 2.70. The van der Waals surface area contributed by atoms with E-state index in [0.29, 0.717) is 18.9 Å². The van der Waals surface area contributed by atoms with Crippen LogP contribution in [0.3, 0.4) is 0 Å². The van der Waals surface area contributed by atoms with Gasteiger partial charge >= 0.3 is 0 Å². The predicted octanol–water partition coefficient (Wildman–Crippen LogP) is 2.41. The number of oxazole rings is 1. The number of hydrogen-bond acceptors (Lipinski definition) is 3. The topological polar surface area (TPSA) is 52.0 Å². The van der Waals surface area contributed by atoms with Gasteiger partial charge in [-0.15, -0.1) is 0 Å². The summed E-state index contributed by atoms with van der Waals surface area (Å²) in [6, 6.07) is 8.23. The highest BCUT2D eigenvalue weighted by atomic mass is 16.4. The van der Waals surface area contributed by atoms with Crippen molar-refractivity contribution in [2.24, 2.45) is 5.73 Å². The van der Waals surface area contributed by atoms with E-state index in [1.165, 1.54) is 5.56 Å². The highest BCUT2D eigenvalue weighted by molar-refractivity contribution is 5.61. The summed E-state index contributed by atoms with van der Waals surface area (Å²) in [5.41, 5.74) is 7.87. The van der Waals surface area contributed by atoms with Gasteiger partial charge in [-0.2, -0.15) is 0 Å². The lowest BCUT2D eigenvalue weighted by Gasteiger charge is -2.03. The molecule has 0 fully saturated rings. The molecule has 0 unspecified atom stereocenters. The highest BCUT2D eigenvalue weighted by Crippen LogP contribution is 2.24. The van der Waals surface area contributed by atoms with E-state index < -0.39 is 0 Å². The van der Waals surface area contributed by atoms with Crippen LogP contribution in [-0.2, 0) is 12.8 Å². The zero-order valence-electron chi connectivity index (χ0n) is 9.44. The number of nitrogens with two attached hydrogens (primary N) is 1. The van der Waals surface area contributed by atoms with Gasteiger partial charge in [-0.05, 0) is 12.0 Å². The molecule has 2 rings (SSSR count). The third-order valence-electron chi connectivity index (χ3n) is 2.58. The third-order valence-corrected chi connectivity index (χ3v) is 2.58. The molecular formula is C13H16N2O. The second kappa shape index (κ2) is 4.94. The molecule has 0 spiro atoms. The van der Waals surface area contributed by atoms with E-state index in [9.17, 15) is 0 Å². The minimum absolute atomic E-state index is 0.565. The van der Waals surface area contributed by atoms with Gasteiger partial charge in [0, 0.05) is 18.5 Å². The molecule has 0 aliphatic heterocycles. The summed E-state index contributed by atoms with van der Waals surface area (Å²) in [6.07, 6.45) is 3.46. The first-order valence-electron chi connectivity index (χ1n) is 5.58. The molecular weight excluding hydrogens is 200 g/mol. The summed E-state index contributed by atoms with van der Waals surface area (Å²) in [5, 5.41) is 0. The molecule has 1 aromatic heterocycles. The minimum Gasteiger partial charge on any atom is -0.441 e. The maximum atomic E-state index is 5.66. The normalized spacial score (nSPS) is 10.6. The monoisotopic (exact) mass is 216 g/mol. The predicted molar refractivity (Wildman–Crippen MR) is 64.1 cm³/mol. The second-order valence-corrected chi connectivity index (χ2v) is 3.67. The summed E-state index contributed by atoms with van der Waals surface area (Å²) in [4.78, 5) is 4.21. The van der Waals surface area contributed by atoms with E-state index in [1.54, 1.807) is 6.20 Å². The summed E-state index contributed by atoms with van der Waals surface area (Å²) < 4.78 is 5.66. The van der Waals surface area contributed by atoms with E-state index >= 15 is 0 Å². The molecule has 84 valence electrons. The lowest BCUT2D eigenvalue weighted by atomic mass is 10.0. The molecule has 0 saturated heterocycles. The molecule has 0 atom stereocenters. The Hall–Kier alpha value is -1.61. The van der Waals surface area contributed by atoms with Crippen molar-refractivity contribution in [2.45, 2.75) is 19.8 Å². The molecule has 2 aromatic rings. The number of rotatable bonds is 4. The van der Waals surface area contributed by atoms with Crippen LogP contribution in [0.4, 0.5) is 0 Å². The van der Waals surface area contributed by atoms with Crippen LogP contribution in [0.5, 0.6) is 0 Å². The molecule has 1 heterocycles. The molecule has 16 heavy (non-hydrogen) atoms. The molecule has 1 aromatic carbocycles. The first kappa shape index (κ1) is 10.9. The van der Waals surface area contributed by atoms with Crippen LogP contribution >= 0.6 is 0 Å². The Morgan fingerprint density at radius 3 is 2.88 bits per heavy atom. The molecule has 0 bridgehead atoms. The Labute approximate surface area is 95.3 Å². The maximum Gasteiger partial charge on any atom is 0.196 e. The fourth-order valence-electron chi connectivity index (χ4n) is 1.74. The molecule has 0 amide bonds. The van der Waals surface area contributed by atoms with Crippen LogP contribution in [0.1, 0.15) is 18.4 Å². The van der Waals surface area contributed by atoms with Crippen LogP contribution in [-0.4, -0.2) is 11.5 Å². The van der Waals surface area contributed by atoms with Crippen molar-refractivity contribution < 1.29 is 4.42 Å². The SMILES string of the molecule is CCc1ccccc1-c1cnc(CCN)o1. The van der Waals surface area contributed by atoms with Gasteiger partial charge in [0.1, 0.15) is 0 Å². The third kappa shape index (κ3) is 2.14. The fourth-order valence-corrected chi connectivity index (χ4v) is 1.74. The molecule has 3 nitrogen and oxygen atoms in total. The smallest absolute Gasteiger partial charge is 0.196 e. The maximum absolute atomic E-state index is 5.66. The standard InChI is InChI=1S/C13H16N2O/c1-2-10-5-3-4-6-11(10)12-9-15-13(16-12)7-8-14/h3-6,9H,2,7-8,14H2,1H3. The first-order valence-corrected chi connectivity index (χ1v) is 5.58. The van der Waals surface area contributed by atoms with Gasteiger partial charge in [-0.25, -0.2) is 4.98 Å². The Morgan fingerprint density at radius 1 is 1.31 bits per heavy atom. The van der Waals surface area contributed by atoms with Gasteiger partial charge in [0.25, 0.3) is 0 Å².